The number of hydrogen-bond donors (Lipinski definition) is 0. The monoisotopic (exact) mass is 284 g/mol. The lowest BCUT2D eigenvalue weighted by atomic mass is 9.99. The summed E-state index contributed by atoms with van der Waals surface area (Å²) >= 11 is 5.87. The molecule has 0 saturated carbocycles. The molecule has 1 aliphatic rings. The van der Waals surface area contributed by atoms with Gasteiger partial charge in [0.25, 0.3) is 0 Å². The Balaban J connectivity index is 0.000000861. The Kier molecular flexibility index (Phi) is 6.16. The van der Waals surface area contributed by atoms with Gasteiger partial charge in [-0.2, -0.15) is 0 Å². The van der Waals surface area contributed by atoms with Crippen LogP contribution in [0.3, 0.4) is 0 Å². The Morgan fingerprint density at radius 3 is 2.74 bits per heavy atom. The third kappa shape index (κ3) is 3.87. The molecule has 0 saturated heterocycles. The normalized spacial score (nSPS) is 18.1. The molecule has 1 aliphatic heterocycles. The van der Waals surface area contributed by atoms with Gasteiger partial charge in [0.15, 0.2) is 23.4 Å². The van der Waals surface area contributed by atoms with Crippen molar-refractivity contribution in [1.29, 1.82) is 0 Å². The summed E-state index contributed by atoms with van der Waals surface area (Å²) in [7, 11) is 0. The van der Waals surface area contributed by atoms with Crippen LogP contribution in [0.2, 0.25) is 5.02 Å². The molecule has 1 aromatic rings. The van der Waals surface area contributed by atoms with Gasteiger partial charge in [0.2, 0.25) is 0 Å². The Bertz CT molecular complexity index is 431. The van der Waals surface area contributed by atoms with Crippen LogP contribution in [0.15, 0.2) is 18.2 Å². The van der Waals surface area contributed by atoms with Crippen molar-refractivity contribution >= 4 is 17.4 Å². The SMILES string of the molecule is CC.CCC(C)C(=O)C1COc2ccc(Cl)cc2O1. The zero-order chi connectivity index (χ0) is 14.4. The number of hydrogen-bond acceptors (Lipinski definition) is 3. The second-order valence-electron chi connectivity index (χ2n) is 4.22. The molecule has 0 aromatic heterocycles. The number of rotatable bonds is 3. The summed E-state index contributed by atoms with van der Waals surface area (Å²) in [5.74, 6) is 1.26. The summed E-state index contributed by atoms with van der Waals surface area (Å²) in [4.78, 5) is 12.0. The van der Waals surface area contributed by atoms with Crippen LogP contribution in [0.4, 0.5) is 0 Å². The molecule has 0 N–H and O–H groups in total. The maximum absolute atomic E-state index is 12.0. The molecule has 3 nitrogen and oxygen atoms in total. The van der Waals surface area contributed by atoms with Crippen LogP contribution in [0.25, 0.3) is 0 Å². The first kappa shape index (κ1) is 15.8. The van der Waals surface area contributed by atoms with Gasteiger partial charge in [0.1, 0.15) is 6.61 Å². The van der Waals surface area contributed by atoms with E-state index in [1.165, 1.54) is 0 Å². The number of halogens is 1. The highest BCUT2D eigenvalue weighted by Crippen LogP contribution is 2.34. The van der Waals surface area contributed by atoms with Crippen molar-refractivity contribution in [3.63, 3.8) is 0 Å². The van der Waals surface area contributed by atoms with Crippen molar-refractivity contribution in [2.75, 3.05) is 6.61 Å². The Labute approximate surface area is 119 Å². The molecule has 1 heterocycles. The highest BCUT2D eigenvalue weighted by molar-refractivity contribution is 6.30. The van der Waals surface area contributed by atoms with Gasteiger partial charge < -0.3 is 9.47 Å². The van der Waals surface area contributed by atoms with Gasteiger partial charge in [-0.3, -0.25) is 4.79 Å². The largest absolute Gasteiger partial charge is 0.485 e. The average Bonchev–Trinajstić information content (AvgIpc) is 2.46. The summed E-state index contributed by atoms with van der Waals surface area (Å²) in [6.45, 7) is 8.16. The molecular weight excluding hydrogens is 264 g/mol. The predicted molar refractivity (Wildman–Crippen MR) is 77.2 cm³/mol. The van der Waals surface area contributed by atoms with Crippen LogP contribution < -0.4 is 9.47 Å². The minimum atomic E-state index is -0.518. The fourth-order valence-electron chi connectivity index (χ4n) is 1.70. The average molecular weight is 285 g/mol. The van der Waals surface area contributed by atoms with Crippen molar-refractivity contribution in [1.82, 2.24) is 0 Å². The van der Waals surface area contributed by atoms with E-state index in [1.807, 2.05) is 27.7 Å². The minimum absolute atomic E-state index is 0.00988. The molecule has 1 aromatic carbocycles. The highest BCUT2D eigenvalue weighted by Gasteiger charge is 2.29. The molecule has 0 radical (unpaired) electrons. The second kappa shape index (κ2) is 7.39. The fraction of sp³-hybridized carbons (Fsp3) is 0.533. The third-order valence-electron chi connectivity index (χ3n) is 2.98. The van der Waals surface area contributed by atoms with Gasteiger partial charge in [0, 0.05) is 17.0 Å². The Morgan fingerprint density at radius 2 is 2.11 bits per heavy atom. The zero-order valence-corrected chi connectivity index (χ0v) is 12.7. The number of carbonyl (C=O) groups is 1. The van der Waals surface area contributed by atoms with Gasteiger partial charge in [0.05, 0.1) is 0 Å². The van der Waals surface area contributed by atoms with Gasteiger partial charge in [-0.1, -0.05) is 39.3 Å². The van der Waals surface area contributed by atoms with Crippen molar-refractivity contribution < 1.29 is 14.3 Å². The van der Waals surface area contributed by atoms with Crippen LogP contribution in [0, 0.1) is 5.92 Å². The smallest absolute Gasteiger partial charge is 0.191 e. The lowest BCUT2D eigenvalue weighted by Gasteiger charge is -2.27. The van der Waals surface area contributed by atoms with Crippen molar-refractivity contribution in [2.45, 2.75) is 40.2 Å². The molecule has 2 rings (SSSR count). The number of carbonyl (C=O) groups excluding carboxylic acids is 1. The zero-order valence-electron chi connectivity index (χ0n) is 11.9. The van der Waals surface area contributed by atoms with Crippen molar-refractivity contribution in [3.05, 3.63) is 23.2 Å². The molecule has 0 amide bonds. The highest BCUT2D eigenvalue weighted by atomic mass is 35.5. The molecule has 0 aliphatic carbocycles. The number of ether oxygens (including phenoxy) is 2. The quantitative estimate of drug-likeness (QED) is 0.837. The van der Waals surface area contributed by atoms with E-state index in [1.54, 1.807) is 18.2 Å². The van der Waals surface area contributed by atoms with E-state index in [4.69, 9.17) is 21.1 Å². The van der Waals surface area contributed by atoms with E-state index < -0.39 is 6.10 Å². The van der Waals surface area contributed by atoms with Crippen LogP contribution in [0.5, 0.6) is 11.5 Å². The maximum atomic E-state index is 12.0. The third-order valence-corrected chi connectivity index (χ3v) is 3.22. The Hall–Kier alpha value is -1.22. The summed E-state index contributed by atoms with van der Waals surface area (Å²) in [6, 6.07) is 5.16. The standard InChI is InChI=1S/C13H15ClO3.C2H6/c1-3-8(2)13(15)12-7-16-10-5-4-9(14)6-11(10)17-12;1-2/h4-6,8,12H,3,7H2,1-2H3;1-2H3. The lowest BCUT2D eigenvalue weighted by Crippen LogP contribution is -2.39. The van der Waals surface area contributed by atoms with E-state index in [0.717, 1.165) is 6.42 Å². The second-order valence-corrected chi connectivity index (χ2v) is 4.66. The molecule has 0 spiro atoms. The van der Waals surface area contributed by atoms with E-state index in [0.29, 0.717) is 16.5 Å². The number of benzene rings is 1. The van der Waals surface area contributed by atoms with Crippen LogP contribution in [-0.4, -0.2) is 18.5 Å². The molecule has 0 bridgehead atoms. The lowest BCUT2D eigenvalue weighted by molar-refractivity contribution is -0.131. The van der Waals surface area contributed by atoms with Gasteiger partial charge in [-0.15, -0.1) is 0 Å². The van der Waals surface area contributed by atoms with Crippen molar-refractivity contribution in [3.8, 4) is 11.5 Å². The molecule has 0 fully saturated rings. The number of Topliss-reactive ketones (excluding diaryl/α,β-unsaturated/α-hetero) is 1. The van der Waals surface area contributed by atoms with Gasteiger partial charge in [-0.05, 0) is 18.6 Å². The first-order chi connectivity index (χ1) is 9.11. The molecular formula is C15H21ClO3. The van der Waals surface area contributed by atoms with E-state index >= 15 is 0 Å². The van der Waals surface area contributed by atoms with Crippen LogP contribution >= 0.6 is 11.6 Å². The topological polar surface area (TPSA) is 35.5 Å². The maximum Gasteiger partial charge on any atom is 0.191 e. The van der Waals surface area contributed by atoms with E-state index in [-0.39, 0.29) is 18.3 Å². The van der Waals surface area contributed by atoms with Crippen LogP contribution in [-0.2, 0) is 4.79 Å². The molecule has 2 unspecified atom stereocenters. The molecule has 106 valence electrons. The van der Waals surface area contributed by atoms with Gasteiger partial charge in [-0.25, -0.2) is 0 Å². The molecule has 2 atom stereocenters. The number of ketones is 1. The first-order valence-electron chi connectivity index (χ1n) is 6.74. The number of fused-ring (bicyclic) bond motifs is 1. The van der Waals surface area contributed by atoms with E-state index in [9.17, 15) is 4.79 Å². The molecule has 4 heteroatoms. The van der Waals surface area contributed by atoms with Gasteiger partial charge >= 0.3 is 0 Å². The Morgan fingerprint density at radius 1 is 1.42 bits per heavy atom. The summed E-state index contributed by atoms with van der Waals surface area (Å²) in [6.07, 6.45) is 0.289. The van der Waals surface area contributed by atoms with E-state index in [2.05, 4.69) is 0 Å². The summed E-state index contributed by atoms with van der Waals surface area (Å²) in [5, 5.41) is 0.573. The fourth-order valence-corrected chi connectivity index (χ4v) is 1.87. The first-order valence-corrected chi connectivity index (χ1v) is 7.12. The summed E-state index contributed by atoms with van der Waals surface area (Å²) in [5.41, 5.74) is 0. The predicted octanol–water partition coefficient (Wildman–Crippen LogP) is 4.12. The van der Waals surface area contributed by atoms with Crippen LogP contribution in [0.1, 0.15) is 34.1 Å². The molecule has 19 heavy (non-hydrogen) atoms. The summed E-state index contributed by atoms with van der Waals surface area (Å²) < 4.78 is 11.1. The minimum Gasteiger partial charge on any atom is -0.485 e. The van der Waals surface area contributed by atoms with Crippen molar-refractivity contribution in [2.24, 2.45) is 5.92 Å².